The van der Waals surface area contributed by atoms with Crippen LogP contribution in [-0.4, -0.2) is 9.91 Å². The number of benzene rings is 1. The van der Waals surface area contributed by atoms with E-state index in [0.29, 0.717) is 10.2 Å². The third-order valence-corrected chi connectivity index (χ3v) is 2.57. The molecule has 7 heteroatoms. The van der Waals surface area contributed by atoms with E-state index in [0.717, 1.165) is 0 Å². The second-order valence-electron chi connectivity index (χ2n) is 3.41. The molecule has 0 amide bonds. The molecule has 1 aromatic heterocycles. The molecule has 0 spiro atoms. The van der Waals surface area contributed by atoms with Crippen LogP contribution in [0.15, 0.2) is 41.0 Å². The molecule has 0 aliphatic carbocycles. The summed E-state index contributed by atoms with van der Waals surface area (Å²) >= 11 is 3.12. The zero-order chi connectivity index (χ0) is 13.1. The van der Waals surface area contributed by atoms with Gasteiger partial charge in [0.05, 0.1) is 4.92 Å². The van der Waals surface area contributed by atoms with Crippen molar-refractivity contribution in [3.63, 3.8) is 0 Å². The number of nitrogens with zero attached hydrogens (tertiary/aromatic N) is 2. The third-order valence-electron chi connectivity index (χ3n) is 2.14. The van der Waals surface area contributed by atoms with E-state index < -0.39 is 4.92 Å². The van der Waals surface area contributed by atoms with E-state index in [1.54, 1.807) is 0 Å². The summed E-state index contributed by atoms with van der Waals surface area (Å²) in [6, 6.07) is 6.81. The van der Waals surface area contributed by atoms with Crippen molar-refractivity contribution in [3.8, 4) is 0 Å². The summed E-state index contributed by atoms with van der Waals surface area (Å²) in [5, 5.41) is 13.6. The second kappa shape index (κ2) is 5.09. The number of aromatic nitrogens is 1. The first-order valence-electron chi connectivity index (χ1n) is 4.89. The first-order valence-corrected chi connectivity index (χ1v) is 5.68. The Labute approximate surface area is 110 Å². The molecule has 18 heavy (non-hydrogen) atoms. The highest BCUT2D eigenvalue weighted by Gasteiger charge is 2.15. The van der Waals surface area contributed by atoms with Gasteiger partial charge in [-0.25, -0.2) is 9.37 Å². The molecule has 0 aliphatic heterocycles. The summed E-state index contributed by atoms with van der Waals surface area (Å²) in [6.45, 7) is 0. The van der Waals surface area contributed by atoms with Crippen LogP contribution in [0.2, 0.25) is 0 Å². The molecule has 2 rings (SSSR count). The van der Waals surface area contributed by atoms with Gasteiger partial charge in [-0.15, -0.1) is 0 Å². The third kappa shape index (κ3) is 2.80. The number of anilines is 2. The molecule has 2 aromatic rings. The summed E-state index contributed by atoms with van der Waals surface area (Å²) in [4.78, 5) is 14.2. The number of pyridine rings is 1. The fourth-order valence-corrected chi connectivity index (χ4v) is 1.65. The lowest BCUT2D eigenvalue weighted by atomic mass is 10.3. The number of nitro groups is 1. The van der Waals surface area contributed by atoms with Crippen LogP contribution < -0.4 is 5.32 Å². The Morgan fingerprint density at radius 3 is 2.61 bits per heavy atom. The van der Waals surface area contributed by atoms with Gasteiger partial charge in [0.1, 0.15) is 5.82 Å². The maximum atomic E-state index is 12.7. The van der Waals surface area contributed by atoms with E-state index in [1.165, 1.54) is 36.5 Å². The van der Waals surface area contributed by atoms with Gasteiger partial charge in [-0.2, -0.15) is 0 Å². The molecule has 92 valence electrons. The van der Waals surface area contributed by atoms with Crippen LogP contribution >= 0.6 is 15.9 Å². The molecule has 0 bridgehead atoms. The van der Waals surface area contributed by atoms with Crippen LogP contribution in [0, 0.1) is 15.9 Å². The Hall–Kier alpha value is -2.02. The van der Waals surface area contributed by atoms with Gasteiger partial charge in [-0.3, -0.25) is 10.1 Å². The first-order chi connectivity index (χ1) is 8.56. The van der Waals surface area contributed by atoms with Crippen LogP contribution in [0.25, 0.3) is 0 Å². The fourth-order valence-electron chi connectivity index (χ4n) is 1.33. The lowest BCUT2D eigenvalue weighted by Gasteiger charge is -2.06. The summed E-state index contributed by atoms with van der Waals surface area (Å²) in [7, 11) is 0. The number of rotatable bonds is 3. The molecular formula is C11H7BrFN3O2. The number of halogens is 2. The van der Waals surface area contributed by atoms with Gasteiger partial charge in [0.15, 0.2) is 0 Å². The molecule has 0 aliphatic rings. The maximum Gasteiger partial charge on any atom is 0.312 e. The SMILES string of the molecule is O=[N+]([O-])c1cc(Br)cnc1Nc1ccc(F)cc1. The van der Waals surface area contributed by atoms with E-state index >= 15 is 0 Å². The Bertz CT molecular complexity index is 589. The summed E-state index contributed by atoms with van der Waals surface area (Å²) in [5.41, 5.74) is 0.364. The maximum absolute atomic E-state index is 12.7. The molecule has 1 aromatic carbocycles. The highest BCUT2D eigenvalue weighted by atomic mass is 79.9. The zero-order valence-corrected chi connectivity index (χ0v) is 10.5. The van der Waals surface area contributed by atoms with Crippen molar-refractivity contribution in [2.24, 2.45) is 0 Å². The average molecular weight is 312 g/mol. The van der Waals surface area contributed by atoms with Gasteiger partial charge in [0, 0.05) is 22.4 Å². The van der Waals surface area contributed by atoms with E-state index in [2.05, 4.69) is 26.2 Å². The number of hydrogen-bond donors (Lipinski definition) is 1. The standard InChI is InChI=1S/C11H7BrFN3O2/c12-7-5-10(16(17)18)11(14-6-7)15-9-3-1-8(13)2-4-9/h1-6H,(H,14,15). The molecule has 1 heterocycles. The topological polar surface area (TPSA) is 68.1 Å². The van der Waals surface area contributed by atoms with Gasteiger partial charge in [0.25, 0.3) is 0 Å². The van der Waals surface area contributed by atoms with E-state index in [-0.39, 0.29) is 17.3 Å². The van der Waals surface area contributed by atoms with Crippen molar-refractivity contribution in [2.45, 2.75) is 0 Å². The molecule has 0 fully saturated rings. The average Bonchev–Trinajstić information content (AvgIpc) is 2.34. The molecule has 5 nitrogen and oxygen atoms in total. The highest BCUT2D eigenvalue weighted by molar-refractivity contribution is 9.10. The smallest absolute Gasteiger partial charge is 0.312 e. The quantitative estimate of drug-likeness (QED) is 0.694. The lowest BCUT2D eigenvalue weighted by molar-refractivity contribution is -0.384. The fraction of sp³-hybridized carbons (Fsp3) is 0. The lowest BCUT2D eigenvalue weighted by Crippen LogP contribution is -1.99. The Kier molecular flexibility index (Phi) is 3.52. The molecule has 0 radical (unpaired) electrons. The van der Waals surface area contributed by atoms with Crippen molar-refractivity contribution >= 4 is 33.1 Å². The number of nitrogens with one attached hydrogen (secondary N) is 1. The minimum atomic E-state index is -0.538. The van der Waals surface area contributed by atoms with Gasteiger partial charge >= 0.3 is 5.69 Å². The Morgan fingerprint density at radius 1 is 1.33 bits per heavy atom. The molecular weight excluding hydrogens is 305 g/mol. The minimum absolute atomic E-state index is 0.106. The predicted octanol–water partition coefficient (Wildman–Crippen LogP) is 3.64. The van der Waals surface area contributed by atoms with Crippen molar-refractivity contribution in [2.75, 3.05) is 5.32 Å². The first kappa shape index (κ1) is 12.4. The van der Waals surface area contributed by atoms with E-state index in [9.17, 15) is 14.5 Å². The summed E-state index contributed by atoms with van der Waals surface area (Å²) < 4.78 is 13.2. The van der Waals surface area contributed by atoms with Gasteiger partial charge in [-0.1, -0.05) is 0 Å². The molecule has 0 atom stereocenters. The molecule has 1 N–H and O–H groups in total. The van der Waals surface area contributed by atoms with Gasteiger partial charge in [0.2, 0.25) is 5.82 Å². The normalized spacial score (nSPS) is 10.1. The number of hydrogen-bond acceptors (Lipinski definition) is 4. The van der Waals surface area contributed by atoms with Crippen LogP contribution in [0.1, 0.15) is 0 Å². The second-order valence-corrected chi connectivity index (χ2v) is 4.33. The monoisotopic (exact) mass is 311 g/mol. The minimum Gasteiger partial charge on any atom is -0.334 e. The van der Waals surface area contributed by atoms with Crippen molar-refractivity contribution in [1.29, 1.82) is 0 Å². The molecule has 0 saturated heterocycles. The van der Waals surface area contributed by atoms with Gasteiger partial charge in [-0.05, 0) is 40.2 Å². The largest absolute Gasteiger partial charge is 0.334 e. The van der Waals surface area contributed by atoms with Crippen molar-refractivity contribution in [1.82, 2.24) is 4.98 Å². The van der Waals surface area contributed by atoms with Crippen LogP contribution in [-0.2, 0) is 0 Å². The Morgan fingerprint density at radius 2 is 2.00 bits per heavy atom. The van der Waals surface area contributed by atoms with E-state index in [1.807, 2.05) is 0 Å². The van der Waals surface area contributed by atoms with Crippen molar-refractivity contribution < 1.29 is 9.31 Å². The molecule has 0 unspecified atom stereocenters. The predicted molar refractivity (Wildman–Crippen MR) is 68.3 cm³/mol. The van der Waals surface area contributed by atoms with Crippen LogP contribution in [0.3, 0.4) is 0 Å². The van der Waals surface area contributed by atoms with Gasteiger partial charge < -0.3 is 5.32 Å². The zero-order valence-electron chi connectivity index (χ0n) is 8.93. The van der Waals surface area contributed by atoms with Crippen LogP contribution in [0.4, 0.5) is 21.6 Å². The van der Waals surface area contributed by atoms with Crippen molar-refractivity contribution in [3.05, 3.63) is 56.9 Å². The van der Waals surface area contributed by atoms with E-state index in [4.69, 9.17) is 0 Å². The van der Waals surface area contributed by atoms with Crippen LogP contribution in [0.5, 0.6) is 0 Å². The summed E-state index contributed by atoms with van der Waals surface area (Å²) in [5.74, 6) is -0.270. The summed E-state index contributed by atoms with van der Waals surface area (Å²) in [6.07, 6.45) is 1.44. The molecule has 0 saturated carbocycles. The highest BCUT2D eigenvalue weighted by Crippen LogP contribution is 2.27. The Balaban J connectivity index is 2.34.